The molecule has 0 radical (unpaired) electrons. The number of nitrogens with one attached hydrogen (secondary N) is 1. The number of sulfonamides is 1. The predicted octanol–water partition coefficient (Wildman–Crippen LogP) is 3.87. The molecule has 1 heterocycles. The molecule has 3 rings (SSSR count). The van der Waals surface area contributed by atoms with Crippen LogP contribution in [0, 0.1) is 5.92 Å². The van der Waals surface area contributed by atoms with Crippen molar-refractivity contribution in [2.75, 3.05) is 19.6 Å². The van der Waals surface area contributed by atoms with E-state index in [0.717, 1.165) is 43.7 Å². The Kier molecular flexibility index (Phi) is 7.59. The van der Waals surface area contributed by atoms with Gasteiger partial charge in [-0.3, -0.25) is 0 Å². The Bertz CT molecular complexity index is 670. The van der Waals surface area contributed by atoms with Crippen LogP contribution in [0.2, 0.25) is 5.02 Å². The number of benzene rings is 1. The lowest BCUT2D eigenvalue weighted by atomic mass is 10.1. The quantitative estimate of drug-likeness (QED) is 0.747. The lowest BCUT2D eigenvalue weighted by Crippen LogP contribution is -2.45. The first-order valence-corrected chi connectivity index (χ1v) is 10.8. The molecule has 0 spiro atoms. The molecule has 0 unspecified atom stereocenters. The number of aryl methyl sites for hydroxylation is 1. The normalized spacial score (nSPS) is 19.6. The van der Waals surface area contributed by atoms with Crippen molar-refractivity contribution in [3.8, 4) is 0 Å². The number of hydrogen-bond acceptors (Lipinski definition) is 3. The highest BCUT2D eigenvalue weighted by atomic mass is 35.5. The minimum atomic E-state index is -3.50. The molecule has 1 N–H and O–H groups in total. The standard InChI is InChI=1S/C18H27ClN2O2S.ClH/c1-2-3-14-6-7-17(19)18(12-14)24(22,23)21-10-8-16(9-11-21)20-13-15-4-5-15;/h6-7,12,15-16,20H,2-5,8-11,13H2,1H3;1H. The second-order valence-electron chi connectivity index (χ2n) is 7.04. The molecule has 1 aromatic carbocycles. The highest BCUT2D eigenvalue weighted by Gasteiger charge is 2.31. The third-order valence-electron chi connectivity index (χ3n) is 5.00. The number of nitrogens with zero attached hydrogens (tertiary/aromatic N) is 1. The van der Waals surface area contributed by atoms with Gasteiger partial charge in [0.25, 0.3) is 0 Å². The first-order chi connectivity index (χ1) is 11.5. The van der Waals surface area contributed by atoms with Crippen molar-refractivity contribution in [1.29, 1.82) is 0 Å². The van der Waals surface area contributed by atoms with Crippen LogP contribution in [0.5, 0.6) is 0 Å². The Morgan fingerprint density at radius 3 is 2.48 bits per heavy atom. The van der Waals surface area contributed by atoms with Crippen LogP contribution in [-0.4, -0.2) is 38.4 Å². The topological polar surface area (TPSA) is 49.4 Å². The Hall–Kier alpha value is -0.330. The molecule has 7 heteroatoms. The van der Waals surface area contributed by atoms with Gasteiger partial charge in [0.2, 0.25) is 10.0 Å². The highest BCUT2D eigenvalue weighted by molar-refractivity contribution is 7.89. The van der Waals surface area contributed by atoms with E-state index < -0.39 is 10.0 Å². The van der Waals surface area contributed by atoms with Gasteiger partial charge < -0.3 is 5.32 Å². The fourth-order valence-corrected chi connectivity index (χ4v) is 5.28. The summed E-state index contributed by atoms with van der Waals surface area (Å²) in [5.41, 5.74) is 1.03. The SMILES string of the molecule is CCCc1ccc(Cl)c(S(=O)(=O)N2CCC(NCC3CC3)CC2)c1.Cl. The van der Waals surface area contributed by atoms with Crippen molar-refractivity contribution in [3.05, 3.63) is 28.8 Å². The van der Waals surface area contributed by atoms with Crippen LogP contribution in [-0.2, 0) is 16.4 Å². The summed E-state index contributed by atoms with van der Waals surface area (Å²) in [5, 5.41) is 3.91. The Morgan fingerprint density at radius 2 is 1.88 bits per heavy atom. The lowest BCUT2D eigenvalue weighted by Gasteiger charge is -2.32. The van der Waals surface area contributed by atoms with Crippen LogP contribution in [0.1, 0.15) is 44.6 Å². The van der Waals surface area contributed by atoms with Gasteiger partial charge in [0, 0.05) is 19.1 Å². The molecule has 1 aliphatic carbocycles. The number of rotatable bonds is 7. The molecule has 25 heavy (non-hydrogen) atoms. The van der Waals surface area contributed by atoms with E-state index in [1.165, 1.54) is 12.8 Å². The second-order valence-corrected chi connectivity index (χ2v) is 9.36. The van der Waals surface area contributed by atoms with Crippen LogP contribution < -0.4 is 5.32 Å². The number of piperidine rings is 1. The van der Waals surface area contributed by atoms with E-state index in [-0.39, 0.29) is 17.3 Å². The van der Waals surface area contributed by atoms with E-state index in [2.05, 4.69) is 12.2 Å². The first kappa shape index (κ1) is 21.0. The highest BCUT2D eigenvalue weighted by Crippen LogP contribution is 2.30. The molecule has 2 aliphatic rings. The van der Waals surface area contributed by atoms with Crippen LogP contribution in [0.15, 0.2) is 23.1 Å². The zero-order valence-electron chi connectivity index (χ0n) is 14.7. The summed E-state index contributed by atoms with van der Waals surface area (Å²) in [5.74, 6) is 0.854. The van der Waals surface area contributed by atoms with Crippen molar-refractivity contribution < 1.29 is 8.42 Å². The van der Waals surface area contributed by atoms with Crippen LogP contribution in [0.3, 0.4) is 0 Å². The van der Waals surface area contributed by atoms with Gasteiger partial charge in [-0.25, -0.2) is 8.42 Å². The predicted molar refractivity (Wildman–Crippen MR) is 105 cm³/mol. The summed E-state index contributed by atoms with van der Waals surface area (Å²) in [7, 11) is -3.50. The maximum absolute atomic E-state index is 13.0. The third-order valence-corrected chi connectivity index (χ3v) is 7.38. The van der Waals surface area contributed by atoms with E-state index >= 15 is 0 Å². The lowest BCUT2D eigenvalue weighted by molar-refractivity contribution is 0.288. The minimum Gasteiger partial charge on any atom is -0.314 e. The van der Waals surface area contributed by atoms with E-state index in [1.807, 2.05) is 6.07 Å². The second kappa shape index (κ2) is 9.05. The first-order valence-electron chi connectivity index (χ1n) is 9.02. The zero-order valence-corrected chi connectivity index (χ0v) is 17.1. The Labute approximate surface area is 162 Å². The van der Waals surface area contributed by atoms with Crippen LogP contribution in [0.25, 0.3) is 0 Å². The number of halogens is 2. The van der Waals surface area contributed by atoms with E-state index in [0.29, 0.717) is 24.2 Å². The van der Waals surface area contributed by atoms with Crippen molar-refractivity contribution in [2.24, 2.45) is 5.92 Å². The zero-order chi connectivity index (χ0) is 17.2. The summed E-state index contributed by atoms with van der Waals surface area (Å²) in [6, 6.07) is 5.82. The van der Waals surface area contributed by atoms with Gasteiger partial charge in [0.1, 0.15) is 4.90 Å². The van der Waals surface area contributed by atoms with Crippen molar-refractivity contribution in [1.82, 2.24) is 9.62 Å². The van der Waals surface area contributed by atoms with Crippen LogP contribution >= 0.6 is 24.0 Å². The molecule has 1 saturated carbocycles. The van der Waals surface area contributed by atoms with Crippen molar-refractivity contribution in [3.63, 3.8) is 0 Å². The molecule has 0 aromatic heterocycles. The summed E-state index contributed by atoms with van der Waals surface area (Å²) >= 11 is 6.20. The molecule has 0 atom stereocenters. The molecule has 4 nitrogen and oxygen atoms in total. The largest absolute Gasteiger partial charge is 0.314 e. The van der Waals surface area contributed by atoms with Crippen LogP contribution in [0.4, 0.5) is 0 Å². The van der Waals surface area contributed by atoms with Gasteiger partial charge in [-0.15, -0.1) is 12.4 Å². The molecule has 1 aliphatic heterocycles. The Balaban J connectivity index is 0.00000225. The molecule has 0 amide bonds. The summed E-state index contributed by atoms with van der Waals surface area (Å²) in [6.45, 7) is 4.31. The average molecular weight is 407 g/mol. The van der Waals surface area contributed by atoms with Gasteiger partial charge in [-0.05, 0) is 62.3 Å². The van der Waals surface area contributed by atoms with Gasteiger partial charge in [-0.1, -0.05) is 31.0 Å². The summed E-state index contributed by atoms with van der Waals surface area (Å²) in [4.78, 5) is 0.263. The molecular weight excluding hydrogens is 379 g/mol. The van der Waals surface area contributed by atoms with E-state index in [1.54, 1.807) is 16.4 Å². The smallest absolute Gasteiger partial charge is 0.244 e. The van der Waals surface area contributed by atoms with Crippen molar-refractivity contribution >= 4 is 34.0 Å². The average Bonchev–Trinajstić information content (AvgIpc) is 3.39. The number of hydrogen-bond donors (Lipinski definition) is 1. The minimum absolute atomic E-state index is 0. The molecule has 0 bridgehead atoms. The third kappa shape index (κ3) is 5.33. The molecule has 142 valence electrons. The van der Waals surface area contributed by atoms with E-state index in [4.69, 9.17) is 11.6 Å². The van der Waals surface area contributed by atoms with Gasteiger partial charge in [0.05, 0.1) is 5.02 Å². The maximum Gasteiger partial charge on any atom is 0.244 e. The summed E-state index contributed by atoms with van der Waals surface area (Å²) < 4.78 is 27.5. The monoisotopic (exact) mass is 406 g/mol. The summed E-state index contributed by atoms with van der Waals surface area (Å²) in [6.07, 6.45) is 6.28. The maximum atomic E-state index is 13.0. The van der Waals surface area contributed by atoms with Crippen molar-refractivity contribution in [2.45, 2.75) is 56.4 Å². The molecular formula is C18H28Cl2N2O2S. The van der Waals surface area contributed by atoms with Gasteiger partial charge in [-0.2, -0.15) is 4.31 Å². The van der Waals surface area contributed by atoms with Gasteiger partial charge in [0.15, 0.2) is 0 Å². The van der Waals surface area contributed by atoms with E-state index in [9.17, 15) is 8.42 Å². The molecule has 2 fully saturated rings. The Morgan fingerprint density at radius 1 is 1.20 bits per heavy atom. The fraction of sp³-hybridized carbons (Fsp3) is 0.667. The molecule has 1 saturated heterocycles. The fourth-order valence-electron chi connectivity index (χ4n) is 3.28. The molecule has 1 aromatic rings. The van der Waals surface area contributed by atoms with Gasteiger partial charge >= 0.3 is 0 Å².